The highest BCUT2D eigenvalue weighted by Gasteiger charge is 2.22. The van der Waals surface area contributed by atoms with Gasteiger partial charge in [-0.05, 0) is 42.8 Å². The van der Waals surface area contributed by atoms with Gasteiger partial charge in [-0.15, -0.1) is 0 Å². The molecule has 3 rings (SSSR count). The van der Waals surface area contributed by atoms with Crippen LogP contribution >= 0.6 is 0 Å². The number of anilines is 1. The number of benzene rings is 2. The van der Waals surface area contributed by atoms with E-state index in [0.717, 1.165) is 13.1 Å². The SMILES string of the molecule is Cc1ccccc1N1CCN(C(=O)c2ccc(C#N)cc2)CC1. The second-order valence-electron chi connectivity index (χ2n) is 5.75. The summed E-state index contributed by atoms with van der Waals surface area (Å²) in [4.78, 5) is 16.8. The lowest BCUT2D eigenvalue weighted by Crippen LogP contribution is -2.49. The number of nitrogens with zero attached hydrogens (tertiary/aromatic N) is 3. The molecule has 116 valence electrons. The molecule has 0 saturated carbocycles. The van der Waals surface area contributed by atoms with Crippen LogP contribution in [0.5, 0.6) is 0 Å². The van der Waals surface area contributed by atoms with Crippen LogP contribution in [0.25, 0.3) is 0 Å². The van der Waals surface area contributed by atoms with Gasteiger partial charge < -0.3 is 9.80 Å². The second-order valence-corrected chi connectivity index (χ2v) is 5.75. The van der Waals surface area contributed by atoms with Crippen LogP contribution in [0, 0.1) is 18.3 Å². The Bertz CT molecular complexity index is 738. The summed E-state index contributed by atoms with van der Waals surface area (Å²) >= 11 is 0. The third-order valence-electron chi connectivity index (χ3n) is 4.28. The first kappa shape index (κ1) is 15.1. The van der Waals surface area contributed by atoms with Crippen molar-refractivity contribution in [3.05, 3.63) is 65.2 Å². The van der Waals surface area contributed by atoms with Crippen LogP contribution in [0.4, 0.5) is 5.69 Å². The minimum absolute atomic E-state index is 0.0407. The van der Waals surface area contributed by atoms with Crippen molar-refractivity contribution in [2.45, 2.75) is 6.92 Å². The van der Waals surface area contributed by atoms with E-state index in [1.807, 2.05) is 11.0 Å². The van der Waals surface area contributed by atoms with Crippen molar-refractivity contribution < 1.29 is 4.79 Å². The quantitative estimate of drug-likeness (QED) is 0.857. The van der Waals surface area contributed by atoms with E-state index in [0.29, 0.717) is 24.2 Å². The maximum absolute atomic E-state index is 12.5. The number of hydrogen-bond donors (Lipinski definition) is 0. The first-order valence-corrected chi connectivity index (χ1v) is 7.79. The minimum Gasteiger partial charge on any atom is -0.368 e. The van der Waals surface area contributed by atoms with Crippen LogP contribution in [0.3, 0.4) is 0 Å². The summed E-state index contributed by atoms with van der Waals surface area (Å²) < 4.78 is 0. The smallest absolute Gasteiger partial charge is 0.253 e. The fourth-order valence-corrected chi connectivity index (χ4v) is 2.94. The molecular formula is C19H19N3O. The Kier molecular flexibility index (Phi) is 4.29. The van der Waals surface area contributed by atoms with E-state index >= 15 is 0 Å². The Morgan fingerprint density at radius 2 is 1.65 bits per heavy atom. The van der Waals surface area contributed by atoms with Crippen molar-refractivity contribution in [2.24, 2.45) is 0 Å². The van der Waals surface area contributed by atoms with Gasteiger partial charge in [0.2, 0.25) is 0 Å². The Hall–Kier alpha value is -2.80. The number of amides is 1. The van der Waals surface area contributed by atoms with Crippen LogP contribution in [0.2, 0.25) is 0 Å². The molecule has 1 amide bonds. The molecule has 1 heterocycles. The first-order chi connectivity index (χ1) is 11.2. The van der Waals surface area contributed by atoms with Crippen LogP contribution in [0.15, 0.2) is 48.5 Å². The van der Waals surface area contributed by atoms with E-state index in [9.17, 15) is 4.79 Å². The maximum atomic E-state index is 12.5. The number of hydrogen-bond acceptors (Lipinski definition) is 3. The molecule has 2 aromatic rings. The molecule has 0 atom stereocenters. The summed E-state index contributed by atoms with van der Waals surface area (Å²) in [6, 6.07) is 17.3. The lowest BCUT2D eigenvalue weighted by atomic mass is 10.1. The summed E-state index contributed by atoms with van der Waals surface area (Å²) in [5.41, 5.74) is 3.73. The lowest BCUT2D eigenvalue weighted by molar-refractivity contribution is 0.0747. The third kappa shape index (κ3) is 3.19. The van der Waals surface area contributed by atoms with E-state index in [4.69, 9.17) is 5.26 Å². The van der Waals surface area contributed by atoms with E-state index in [-0.39, 0.29) is 5.91 Å². The van der Waals surface area contributed by atoms with Gasteiger partial charge in [0.15, 0.2) is 0 Å². The normalized spacial score (nSPS) is 14.4. The van der Waals surface area contributed by atoms with Gasteiger partial charge in [0.1, 0.15) is 0 Å². The number of rotatable bonds is 2. The molecular weight excluding hydrogens is 286 g/mol. The van der Waals surface area contributed by atoms with Gasteiger partial charge in [-0.25, -0.2) is 0 Å². The Labute approximate surface area is 136 Å². The summed E-state index contributed by atoms with van der Waals surface area (Å²) in [5.74, 6) is 0.0407. The number of para-hydroxylation sites is 1. The Morgan fingerprint density at radius 3 is 2.26 bits per heavy atom. The molecule has 2 aromatic carbocycles. The summed E-state index contributed by atoms with van der Waals surface area (Å²) in [6.07, 6.45) is 0. The lowest BCUT2D eigenvalue weighted by Gasteiger charge is -2.36. The molecule has 1 saturated heterocycles. The van der Waals surface area contributed by atoms with Gasteiger partial charge in [-0.3, -0.25) is 4.79 Å². The first-order valence-electron chi connectivity index (χ1n) is 7.79. The monoisotopic (exact) mass is 305 g/mol. The standard InChI is InChI=1S/C19H19N3O/c1-15-4-2-3-5-18(15)21-10-12-22(13-11-21)19(23)17-8-6-16(14-20)7-9-17/h2-9H,10-13H2,1H3. The minimum atomic E-state index is 0.0407. The predicted octanol–water partition coefficient (Wildman–Crippen LogP) is 2.83. The molecule has 0 bridgehead atoms. The molecule has 0 aliphatic carbocycles. The fourth-order valence-electron chi connectivity index (χ4n) is 2.94. The second kappa shape index (κ2) is 6.53. The molecule has 1 fully saturated rings. The summed E-state index contributed by atoms with van der Waals surface area (Å²) in [6.45, 7) is 5.23. The van der Waals surface area contributed by atoms with Gasteiger partial charge in [-0.1, -0.05) is 18.2 Å². The van der Waals surface area contributed by atoms with Gasteiger partial charge >= 0.3 is 0 Å². The van der Waals surface area contributed by atoms with Gasteiger partial charge in [-0.2, -0.15) is 5.26 Å². The van der Waals surface area contributed by atoms with Gasteiger partial charge in [0.25, 0.3) is 5.91 Å². The topological polar surface area (TPSA) is 47.3 Å². The molecule has 0 radical (unpaired) electrons. The van der Waals surface area contributed by atoms with Gasteiger partial charge in [0.05, 0.1) is 11.6 Å². The van der Waals surface area contributed by atoms with E-state index < -0.39 is 0 Å². The third-order valence-corrected chi connectivity index (χ3v) is 4.28. The highest BCUT2D eigenvalue weighted by atomic mass is 16.2. The maximum Gasteiger partial charge on any atom is 0.253 e. The van der Waals surface area contributed by atoms with Crippen molar-refractivity contribution >= 4 is 11.6 Å². The van der Waals surface area contributed by atoms with E-state index in [1.165, 1.54) is 11.3 Å². The van der Waals surface area contributed by atoms with Crippen LogP contribution in [-0.2, 0) is 0 Å². The number of aryl methyl sites for hydroxylation is 1. The van der Waals surface area contributed by atoms with Crippen molar-refractivity contribution in [3.63, 3.8) is 0 Å². The molecule has 4 heteroatoms. The molecule has 0 aromatic heterocycles. The van der Waals surface area contributed by atoms with Crippen molar-refractivity contribution in [2.75, 3.05) is 31.1 Å². The fraction of sp³-hybridized carbons (Fsp3) is 0.263. The molecule has 4 nitrogen and oxygen atoms in total. The summed E-state index contributed by atoms with van der Waals surface area (Å²) in [7, 11) is 0. The molecule has 1 aliphatic heterocycles. The summed E-state index contributed by atoms with van der Waals surface area (Å²) in [5, 5.41) is 8.82. The number of carbonyl (C=O) groups excluding carboxylic acids is 1. The zero-order valence-electron chi connectivity index (χ0n) is 13.2. The number of piperazine rings is 1. The largest absolute Gasteiger partial charge is 0.368 e. The zero-order chi connectivity index (χ0) is 16.2. The molecule has 0 unspecified atom stereocenters. The van der Waals surface area contributed by atoms with Crippen LogP contribution in [-0.4, -0.2) is 37.0 Å². The number of carbonyl (C=O) groups is 1. The van der Waals surface area contributed by atoms with Gasteiger partial charge in [0, 0.05) is 37.4 Å². The molecule has 1 aliphatic rings. The van der Waals surface area contributed by atoms with Crippen molar-refractivity contribution in [3.8, 4) is 6.07 Å². The highest BCUT2D eigenvalue weighted by Crippen LogP contribution is 2.21. The van der Waals surface area contributed by atoms with E-state index in [1.54, 1.807) is 24.3 Å². The Balaban J connectivity index is 1.65. The predicted molar refractivity (Wildman–Crippen MR) is 90.5 cm³/mol. The molecule has 0 N–H and O–H groups in total. The van der Waals surface area contributed by atoms with Crippen LogP contribution < -0.4 is 4.90 Å². The van der Waals surface area contributed by atoms with Crippen molar-refractivity contribution in [1.82, 2.24) is 4.90 Å². The average molecular weight is 305 g/mol. The van der Waals surface area contributed by atoms with E-state index in [2.05, 4.69) is 36.1 Å². The number of nitriles is 1. The molecule has 23 heavy (non-hydrogen) atoms. The Morgan fingerprint density at radius 1 is 1.00 bits per heavy atom. The zero-order valence-corrected chi connectivity index (χ0v) is 13.2. The van der Waals surface area contributed by atoms with Crippen LogP contribution in [0.1, 0.15) is 21.5 Å². The molecule has 0 spiro atoms. The highest BCUT2D eigenvalue weighted by molar-refractivity contribution is 5.94. The van der Waals surface area contributed by atoms with Crippen molar-refractivity contribution in [1.29, 1.82) is 5.26 Å². The average Bonchev–Trinajstić information content (AvgIpc) is 2.62.